The number of Topliss-reactive ketones (excluding diaryl/α,β-unsaturated/α-hetero) is 1. The summed E-state index contributed by atoms with van der Waals surface area (Å²) in [5.74, 6) is 7.71. The molecule has 1 fully saturated rings. The van der Waals surface area contributed by atoms with Crippen LogP contribution in [0.15, 0.2) is 48.5 Å². The van der Waals surface area contributed by atoms with Gasteiger partial charge in [0.1, 0.15) is 5.78 Å². The first-order valence-corrected chi connectivity index (χ1v) is 13.4. The number of nitrogens with zero attached hydrogens (tertiary/aromatic N) is 2. The fourth-order valence-corrected chi connectivity index (χ4v) is 5.13. The summed E-state index contributed by atoms with van der Waals surface area (Å²) in [4.78, 5) is 14.3. The Kier molecular flexibility index (Phi) is 8.21. The van der Waals surface area contributed by atoms with Crippen LogP contribution in [-0.4, -0.2) is 41.9 Å². The van der Waals surface area contributed by atoms with E-state index in [0.29, 0.717) is 6.54 Å². The van der Waals surface area contributed by atoms with Gasteiger partial charge in [-0.1, -0.05) is 24.1 Å². The van der Waals surface area contributed by atoms with Crippen molar-refractivity contribution in [2.45, 2.75) is 65.3 Å². The number of nitrogens with one attached hydrogen (secondary N) is 1. The van der Waals surface area contributed by atoms with Gasteiger partial charge in [-0.3, -0.25) is 4.79 Å². The van der Waals surface area contributed by atoms with E-state index in [9.17, 15) is 4.79 Å². The smallest absolute Gasteiger partial charge is 0.139 e. The van der Waals surface area contributed by atoms with Crippen LogP contribution in [0.3, 0.4) is 0 Å². The van der Waals surface area contributed by atoms with Gasteiger partial charge in [0.25, 0.3) is 0 Å². The van der Waals surface area contributed by atoms with Crippen molar-refractivity contribution < 1.29 is 4.79 Å². The fourth-order valence-electron chi connectivity index (χ4n) is 5.13. The number of carbonyl (C=O) groups excluding carboxylic acids is 1. The zero-order chi connectivity index (χ0) is 25.7. The summed E-state index contributed by atoms with van der Waals surface area (Å²) in [5, 5.41) is 4.67. The lowest BCUT2D eigenvalue weighted by Crippen LogP contribution is -2.30. The van der Waals surface area contributed by atoms with Crippen LogP contribution in [0.5, 0.6) is 0 Å². The molecule has 0 atom stereocenters. The van der Waals surface area contributed by atoms with E-state index in [4.69, 9.17) is 0 Å². The van der Waals surface area contributed by atoms with E-state index in [1.165, 1.54) is 48.8 Å². The molecule has 36 heavy (non-hydrogen) atoms. The highest BCUT2D eigenvalue weighted by molar-refractivity contribution is 5.87. The Morgan fingerprint density at radius 1 is 1.08 bits per heavy atom. The minimum atomic E-state index is -0.460. The molecule has 2 aromatic carbocycles. The van der Waals surface area contributed by atoms with Crippen LogP contribution < -0.4 is 5.32 Å². The van der Waals surface area contributed by atoms with E-state index in [-0.39, 0.29) is 5.78 Å². The van der Waals surface area contributed by atoms with Crippen LogP contribution in [0.1, 0.15) is 63.8 Å². The lowest BCUT2D eigenvalue weighted by molar-refractivity contribution is -0.121. The third-order valence-electron chi connectivity index (χ3n) is 8.05. The molecule has 0 unspecified atom stereocenters. The van der Waals surface area contributed by atoms with Crippen molar-refractivity contribution in [3.63, 3.8) is 0 Å². The van der Waals surface area contributed by atoms with Crippen molar-refractivity contribution in [3.8, 4) is 11.8 Å². The average Bonchev–Trinajstić information content (AvgIpc) is 3.23. The third kappa shape index (κ3) is 6.02. The topological polar surface area (TPSA) is 37.3 Å². The maximum absolute atomic E-state index is 11.9. The number of ketones is 1. The van der Waals surface area contributed by atoms with Crippen LogP contribution >= 0.6 is 0 Å². The Labute approximate surface area is 217 Å². The molecule has 0 bridgehead atoms. The first kappa shape index (κ1) is 26.0. The second-order valence-electron chi connectivity index (χ2n) is 10.9. The minimum absolute atomic E-state index is 0.171. The summed E-state index contributed by atoms with van der Waals surface area (Å²) >= 11 is 0. The summed E-state index contributed by atoms with van der Waals surface area (Å²) in [6.07, 6.45) is 5.12. The molecule has 4 rings (SSSR count). The van der Waals surface area contributed by atoms with Gasteiger partial charge in [0.15, 0.2) is 0 Å². The molecule has 1 aliphatic heterocycles. The van der Waals surface area contributed by atoms with E-state index in [0.717, 1.165) is 35.8 Å². The molecule has 0 saturated carbocycles. The molecule has 0 spiro atoms. The summed E-state index contributed by atoms with van der Waals surface area (Å²) < 4.78 is 2.31. The van der Waals surface area contributed by atoms with E-state index in [1.807, 2.05) is 38.1 Å². The van der Waals surface area contributed by atoms with Gasteiger partial charge in [0.2, 0.25) is 0 Å². The quantitative estimate of drug-likeness (QED) is 0.384. The highest BCUT2D eigenvalue weighted by Gasteiger charge is 2.25. The van der Waals surface area contributed by atoms with Crippen molar-refractivity contribution in [2.24, 2.45) is 5.92 Å². The van der Waals surface area contributed by atoms with Crippen LogP contribution in [0, 0.1) is 17.8 Å². The molecule has 0 radical (unpaired) electrons. The minimum Gasteiger partial charge on any atom is -0.374 e. The largest absolute Gasteiger partial charge is 0.374 e. The summed E-state index contributed by atoms with van der Waals surface area (Å²) in [6.45, 7) is 11.7. The monoisotopic (exact) mass is 483 g/mol. The predicted molar refractivity (Wildman–Crippen MR) is 152 cm³/mol. The summed E-state index contributed by atoms with van der Waals surface area (Å²) in [7, 11) is 2.23. The molecule has 3 aromatic rings. The van der Waals surface area contributed by atoms with Gasteiger partial charge in [-0.25, -0.2) is 0 Å². The van der Waals surface area contributed by atoms with Crippen molar-refractivity contribution in [2.75, 3.05) is 32.0 Å². The normalized spacial score (nSPS) is 15.0. The van der Waals surface area contributed by atoms with Gasteiger partial charge in [0, 0.05) is 28.6 Å². The van der Waals surface area contributed by atoms with E-state index >= 15 is 0 Å². The Hall–Kier alpha value is -3.03. The molecule has 190 valence electrons. The number of benzene rings is 2. The Balaban J connectivity index is 1.38. The van der Waals surface area contributed by atoms with Crippen LogP contribution in [0.4, 0.5) is 5.69 Å². The van der Waals surface area contributed by atoms with Crippen molar-refractivity contribution in [1.29, 1.82) is 0 Å². The fraction of sp³-hybridized carbons (Fsp3) is 0.469. The maximum Gasteiger partial charge on any atom is 0.139 e. The predicted octanol–water partition coefficient (Wildman–Crippen LogP) is 6.27. The van der Waals surface area contributed by atoms with E-state index in [1.54, 1.807) is 6.92 Å². The second kappa shape index (κ2) is 11.4. The molecular formula is C32H41N3O. The molecule has 1 saturated heterocycles. The van der Waals surface area contributed by atoms with E-state index < -0.39 is 5.41 Å². The number of carbonyl (C=O) groups is 1. The molecule has 0 amide bonds. The molecule has 1 aliphatic rings. The number of fused-ring (bicyclic) bond motifs is 1. The molecule has 1 N–H and O–H groups in total. The molecule has 4 heteroatoms. The first-order chi connectivity index (χ1) is 17.3. The molecule has 1 aromatic heterocycles. The maximum atomic E-state index is 11.9. The second-order valence-corrected chi connectivity index (χ2v) is 10.9. The van der Waals surface area contributed by atoms with Gasteiger partial charge in [-0.15, -0.1) is 0 Å². The number of piperidine rings is 1. The van der Waals surface area contributed by atoms with Gasteiger partial charge in [-0.05, 0) is 127 Å². The Morgan fingerprint density at radius 2 is 1.81 bits per heavy atom. The standard InChI is InChI=1S/C32H41N3O/c1-6-35-30(8-7-19-33-29-14-12-28(13-15-29)32(3,4)24(2)36)23-27-22-26(11-16-31(27)35)10-9-25-17-20-34(5)21-18-25/h11-16,22-23,25,33H,6,9-10,17-21H2,1-5H3. The van der Waals surface area contributed by atoms with E-state index in [2.05, 4.69) is 64.9 Å². The molecule has 4 nitrogen and oxygen atoms in total. The number of likely N-dealkylation sites (tertiary alicyclic amines) is 1. The highest BCUT2D eigenvalue weighted by Crippen LogP contribution is 2.26. The average molecular weight is 484 g/mol. The number of hydrogen-bond donors (Lipinski definition) is 1. The third-order valence-corrected chi connectivity index (χ3v) is 8.05. The van der Waals surface area contributed by atoms with Gasteiger partial charge in [0.05, 0.1) is 12.2 Å². The number of rotatable bonds is 8. The number of hydrogen-bond acceptors (Lipinski definition) is 3. The molecule has 2 heterocycles. The zero-order valence-electron chi connectivity index (χ0n) is 22.7. The lowest BCUT2D eigenvalue weighted by atomic mass is 9.81. The van der Waals surface area contributed by atoms with Crippen LogP contribution in [0.2, 0.25) is 0 Å². The van der Waals surface area contributed by atoms with Crippen molar-refractivity contribution in [3.05, 3.63) is 65.4 Å². The molecule has 0 aliphatic carbocycles. The first-order valence-electron chi connectivity index (χ1n) is 13.4. The number of anilines is 1. The summed E-state index contributed by atoms with van der Waals surface area (Å²) in [6, 6.07) is 17.3. The molecular weight excluding hydrogens is 442 g/mol. The van der Waals surface area contributed by atoms with Gasteiger partial charge < -0.3 is 14.8 Å². The van der Waals surface area contributed by atoms with Crippen LogP contribution in [0.25, 0.3) is 10.9 Å². The van der Waals surface area contributed by atoms with Crippen molar-refractivity contribution in [1.82, 2.24) is 9.47 Å². The highest BCUT2D eigenvalue weighted by atomic mass is 16.1. The lowest BCUT2D eigenvalue weighted by Gasteiger charge is -2.28. The SMILES string of the molecule is CCn1c(C#CCNc2ccc(C(C)(C)C(C)=O)cc2)cc2cc(CCC3CCN(C)CC3)ccc21. The summed E-state index contributed by atoms with van der Waals surface area (Å²) in [5.41, 5.74) is 5.36. The number of aryl methyl sites for hydroxylation is 2. The van der Waals surface area contributed by atoms with Crippen molar-refractivity contribution >= 4 is 22.4 Å². The van der Waals surface area contributed by atoms with Gasteiger partial charge >= 0.3 is 0 Å². The zero-order valence-corrected chi connectivity index (χ0v) is 22.7. The van der Waals surface area contributed by atoms with Crippen LogP contribution in [-0.2, 0) is 23.2 Å². The Morgan fingerprint density at radius 3 is 2.47 bits per heavy atom. The van der Waals surface area contributed by atoms with Gasteiger partial charge in [-0.2, -0.15) is 0 Å². The Bertz CT molecular complexity index is 1250. The number of aromatic nitrogens is 1.